The Balaban J connectivity index is 2.76. The lowest BCUT2D eigenvalue weighted by atomic mass is 10.2. The lowest BCUT2D eigenvalue weighted by molar-refractivity contribution is -0.383. The molecule has 0 saturated carbocycles. The van der Waals surface area contributed by atoms with E-state index in [0.29, 0.717) is 16.6 Å². The molecule has 0 aliphatic rings. The minimum absolute atomic E-state index is 0.0391. The predicted octanol–water partition coefficient (Wildman–Crippen LogP) is 1.64. The van der Waals surface area contributed by atoms with Gasteiger partial charge in [0.15, 0.2) is 0 Å². The van der Waals surface area contributed by atoms with Crippen LogP contribution in [0.15, 0.2) is 30.3 Å². The van der Waals surface area contributed by atoms with E-state index in [2.05, 4.69) is 4.98 Å². The van der Waals surface area contributed by atoms with Crippen molar-refractivity contribution in [3.05, 3.63) is 46.1 Å². The Morgan fingerprint density at radius 1 is 1.33 bits per heavy atom. The van der Waals surface area contributed by atoms with E-state index < -0.39 is 4.92 Å². The summed E-state index contributed by atoms with van der Waals surface area (Å²) >= 11 is 0. The third-order valence-electron chi connectivity index (χ3n) is 2.12. The first kappa shape index (κ1) is 9.54. The largest absolute Gasteiger partial charge is 0.390 e. The molecule has 2 aromatic rings. The third kappa shape index (κ3) is 1.64. The van der Waals surface area contributed by atoms with E-state index in [1.165, 1.54) is 6.07 Å². The molecular weight excluding hydrogens is 196 g/mol. The van der Waals surface area contributed by atoms with Crippen LogP contribution in [0.4, 0.5) is 5.69 Å². The number of rotatable bonds is 2. The van der Waals surface area contributed by atoms with E-state index in [1.807, 2.05) is 0 Å². The smallest absolute Gasteiger partial charge is 0.295 e. The Hall–Kier alpha value is -2.01. The molecule has 0 spiro atoms. The van der Waals surface area contributed by atoms with Gasteiger partial charge in [0.25, 0.3) is 5.69 Å². The van der Waals surface area contributed by atoms with Gasteiger partial charge in [-0.1, -0.05) is 18.2 Å². The molecule has 15 heavy (non-hydrogen) atoms. The van der Waals surface area contributed by atoms with E-state index in [1.54, 1.807) is 24.3 Å². The van der Waals surface area contributed by atoms with Crippen LogP contribution in [-0.4, -0.2) is 15.0 Å². The fourth-order valence-electron chi connectivity index (χ4n) is 1.41. The van der Waals surface area contributed by atoms with Crippen LogP contribution in [0.3, 0.4) is 0 Å². The van der Waals surface area contributed by atoms with Crippen LogP contribution in [0.5, 0.6) is 0 Å². The molecule has 0 bridgehead atoms. The maximum Gasteiger partial charge on any atom is 0.295 e. The SMILES string of the molecule is O=[N+]([O-])c1cccc2ccc(CO)nc12. The van der Waals surface area contributed by atoms with Gasteiger partial charge in [-0.3, -0.25) is 10.1 Å². The number of aliphatic hydroxyl groups is 1. The number of pyridine rings is 1. The zero-order chi connectivity index (χ0) is 10.8. The van der Waals surface area contributed by atoms with Gasteiger partial charge in [0, 0.05) is 11.5 Å². The van der Waals surface area contributed by atoms with Crippen molar-refractivity contribution < 1.29 is 10.0 Å². The molecule has 5 nitrogen and oxygen atoms in total. The molecule has 76 valence electrons. The van der Waals surface area contributed by atoms with E-state index in [-0.39, 0.29) is 12.3 Å². The topological polar surface area (TPSA) is 76.3 Å². The van der Waals surface area contributed by atoms with E-state index >= 15 is 0 Å². The highest BCUT2D eigenvalue weighted by molar-refractivity contribution is 5.87. The van der Waals surface area contributed by atoms with Crippen molar-refractivity contribution in [2.24, 2.45) is 0 Å². The first-order chi connectivity index (χ1) is 7.22. The van der Waals surface area contributed by atoms with E-state index in [0.717, 1.165) is 0 Å². The maximum absolute atomic E-state index is 10.7. The number of hydrogen-bond acceptors (Lipinski definition) is 4. The Labute approximate surface area is 85.1 Å². The molecule has 1 aromatic carbocycles. The Kier molecular flexibility index (Phi) is 2.31. The van der Waals surface area contributed by atoms with Crippen molar-refractivity contribution in [3.8, 4) is 0 Å². The van der Waals surface area contributed by atoms with Gasteiger partial charge >= 0.3 is 0 Å². The van der Waals surface area contributed by atoms with Gasteiger partial charge in [0.05, 0.1) is 17.2 Å². The van der Waals surface area contributed by atoms with Crippen LogP contribution in [-0.2, 0) is 6.61 Å². The number of nitrogens with zero attached hydrogens (tertiary/aromatic N) is 2. The van der Waals surface area contributed by atoms with Gasteiger partial charge in [0.1, 0.15) is 5.52 Å². The standard InChI is InChI=1S/C10H8N2O3/c13-6-8-5-4-7-2-1-3-9(12(14)15)10(7)11-8/h1-5,13H,6H2. The van der Waals surface area contributed by atoms with Gasteiger partial charge in [-0.25, -0.2) is 4.98 Å². The summed E-state index contributed by atoms with van der Waals surface area (Å²) in [5.41, 5.74) is 0.702. The molecule has 5 heteroatoms. The summed E-state index contributed by atoms with van der Waals surface area (Å²) in [5, 5.41) is 20.3. The van der Waals surface area contributed by atoms with Crippen molar-refractivity contribution in [3.63, 3.8) is 0 Å². The number of aromatic nitrogens is 1. The summed E-state index contributed by atoms with van der Waals surface area (Å²) in [7, 11) is 0. The van der Waals surface area contributed by atoms with Crippen LogP contribution in [0.1, 0.15) is 5.69 Å². The van der Waals surface area contributed by atoms with Gasteiger partial charge in [-0.05, 0) is 6.07 Å². The van der Waals surface area contributed by atoms with Crippen LogP contribution < -0.4 is 0 Å². The summed E-state index contributed by atoms with van der Waals surface area (Å²) in [6.07, 6.45) is 0. The van der Waals surface area contributed by atoms with E-state index in [4.69, 9.17) is 5.11 Å². The Morgan fingerprint density at radius 3 is 2.80 bits per heavy atom. The number of non-ortho nitro benzene ring substituents is 1. The quantitative estimate of drug-likeness (QED) is 0.595. The van der Waals surface area contributed by atoms with Crippen molar-refractivity contribution in [1.82, 2.24) is 4.98 Å². The molecule has 2 rings (SSSR count). The van der Waals surface area contributed by atoms with Crippen molar-refractivity contribution in [2.75, 3.05) is 0 Å². The van der Waals surface area contributed by atoms with Crippen molar-refractivity contribution in [2.45, 2.75) is 6.61 Å². The number of fused-ring (bicyclic) bond motifs is 1. The molecule has 0 aliphatic carbocycles. The predicted molar refractivity (Wildman–Crippen MR) is 54.3 cm³/mol. The summed E-state index contributed by atoms with van der Waals surface area (Å²) in [6.45, 7) is -0.220. The minimum Gasteiger partial charge on any atom is -0.390 e. The molecule has 0 saturated heterocycles. The molecule has 1 heterocycles. The molecule has 1 aromatic heterocycles. The van der Waals surface area contributed by atoms with Crippen LogP contribution in [0.25, 0.3) is 10.9 Å². The van der Waals surface area contributed by atoms with Gasteiger partial charge in [-0.2, -0.15) is 0 Å². The molecular formula is C10H8N2O3. The number of hydrogen-bond donors (Lipinski definition) is 1. The van der Waals surface area contributed by atoms with Crippen molar-refractivity contribution in [1.29, 1.82) is 0 Å². The fourth-order valence-corrected chi connectivity index (χ4v) is 1.41. The second kappa shape index (κ2) is 3.62. The monoisotopic (exact) mass is 204 g/mol. The minimum atomic E-state index is -0.476. The number of para-hydroxylation sites is 1. The third-order valence-corrected chi connectivity index (χ3v) is 2.12. The average molecular weight is 204 g/mol. The molecule has 0 aliphatic heterocycles. The molecule has 0 unspecified atom stereocenters. The molecule has 0 amide bonds. The fraction of sp³-hybridized carbons (Fsp3) is 0.100. The highest BCUT2D eigenvalue weighted by atomic mass is 16.6. The molecule has 0 atom stereocenters. The number of aliphatic hydroxyl groups excluding tert-OH is 1. The molecule has 0 fully saturated rings. The first-order valence-electron chi connectivity index (χ1n) is 4.36. The molecule has 1 N–H and O–H groups in total. The Bertz CT molecular complexity index is 525. The summed E-state index contributed by atoms with van der Waals surface area (Å²) in [4.78, 5) is 14.3. The summed E-state index contributed by atoms with van der Waals surface area (Å²) in [6, 6.07) is 8.11. The normalized spacial score (nSPS) is 10.5. The lowest BCUT2D eigenvalue weighted by Gasteiger charge is -2.00. The van der Waals surface area contributed by atoms with Crippen LogP contribution >= 0.6 is 0 Å². The second-order valence-corrected chi connectivity index (χ2v) is 3.07. The van der Waals surface area contributed by atoms with Gasteiger partial charge in [-0.15, -0.1) is 0 Å². The summed E-state index contributed by atoms with van der Waals surface area (Å²) in [5.74, 6) is 0. The highest BCUT2D eigenvalue weighted by Crippen LogP contribution is 2.23. The van der Waals surface area contributed by atoms with Crippen molar-refractivity contribution >= 4 is 16.6 Å². The number of benzene rings is 1. The van der Waals surface area contributed by atoms with Crippen LogP contribution in [0, 0.1) is 10.1 Å². The maximum atomic E-state index is 10.7. The molecule has 0 radical (unpaired) electrons. The summed E-state index contributed by atoms with van der Waals surface area (Å²) < 4.78 is 0. The first-order valence-corrected chi connectivity index (χ1v) is 4.36. The Morgan fingerprint density at radius 2 is 2.13 bits per heavy atom. The zero-order valence-electron chi connectivity index (χ0n) is 7.75. The van der Waals surface area contributed by atoms with Gasteiger partial charge < -0.3 is 5.11 Å². The van der Waals surface area contributed by atoms with Gasteiger partial charge in [0.2, 0.25) is 0 Å². The number of nitro benzene ring substituents is 1. The number of nitro groups is 1. The van der Waals surface area contributed by atoms with Crippen LogP contribution in [0.2, 0.25) is 0 Å². The lowest BCUT2D eigenvalue weighted by Crippen LogP contribution is -1.94. The zero-order valence-corrected chi connectivity index (χ0v) is 7.75. The highest BCUT2D eigenvalue weighted by Gasteiger charge is 2.12. The second-order valence-electron chi connectivity index (χ2n) is 3.07. The average Bonchev–Trinajstić information content (AvgIpc) is 2.27. The van der Waals surface area contributed by atoms with E-state index in [9.17, 15) is 10.1 Å².